The maximum atomic E-state index is 12.6. The molecule has 0 aliphatic carbocycles. The first kappa shape index (κ1) is 17.4. The van der Waals surface area contributed by atoms with E-state index in [1.807, 2.05) is 43.3 Å². The van der Waals surface area contributed by atoms with Gasteiger partial charge in [-0.15, -0.1) is 10.2 Å². The number of amides is 1. The Labute approximate surface area is 160 Å². The lowest BCUT2D eigenvalue weighted by atomic mass is 9.88. The molecule has 0 fully saturated rings. The Morgan fingerprint density at radius 2 is 1.67 bits per heavy atom. The zero-order chi connectivity index (χ0) is 18.6. The van der Waals surface area contributed by atoms with Gasteiger partial charge in [-0.1, -0.05) is 72.0 Å². The van der Waals surface area contributed by atoms with Crippen LogP contribution in [0.5, 0.6) is 0 Å². The zero-order valence-electron chi connectivity index (χ0n) is 14.9. The van der Waals surface area contributed by atoms with Crippen LogP contribution in [0.1, 0.15) is 34.3 Å². The van der Waals surface area contributed by atoms with Gasteiger partial charge in [0, 0.05) is 12.3 Å². The molecule has 7 heteroatoms. The molecule has 0 spiro atoms. The molecule has 4 aromatic rings. The number of fused-ring (bicyclic) bond motifs is 1. The summed E-state index contributed by atoms with van der Waals surface area (Å²) in [6.07, 6.45) is 0.386. The van der Waals surface area contributed by atoms with Gasteiger partial charge in [-0.05, 0) is 18.1 Å². The van der Waals surface area contributed by atoms with Crippen molar-refractivity contribution in [1.82, 2.24) is 25.1 Å². The first-order valence-corrected chi connectivity index (χ1v) is 9.56. The monoisotopic (exact) mass is 377 g/mol. The minimum atomic E-state index is -0.00427. The lowest BCUT2D eigenvalue weighted by molar-refractivity contribution is -0.121. The Hall–Kier alpha value is -3.06. The maximum absolute atomic E-state index is 12.6. The van der Waals surface area contributed by atoms with Gasteiger partial charge in [-0.25, -0.2) is 0 Å². The van der Waals surface area contributed by atoms with Crippen LogP contribution in [0.15, 0.2) is 60.7 Å². The van der Waals surface area contributed by atoms with Gasteiger partial charge < -0.3 is 5.32 Å². The quantitative estimate of drug-likeness (QED) is 0.559. The zero-order valence-corrected chi connectivity index (χ0v) is 15.7. The van der Waals surface area contributed by atoms with Gasteiger partial charge in [0.15, 0.2) is 5.82 Å². The van der Waals surface area contributed by atoms with Crippen LogP contribution in [0.25, 0.3) is 4.96 Å². The summed E-state index contributed by atoms with van der Waals surface area (Å²) in [5.74, 6) is 0.759. The molecule has 27 heavy (non-hydrogen) atoms. The van der Waals surface area contributed by atoms with Crippen LogP contribution < -0.4 is 5.32 Å². The average Bonchev–Trinajstić information content (AvgIpc) is 3.27. The molecule has 2 aromatic heterocycles. The molecule has 0 bridgehead atoms. The van der Waals surface area contributed by atoms with E-state index in [1.165, 1.54) is 11.3 Å². The van der Waals surface area contributed by atoms with Crippen molar-refractivity contribution >= 4 is 22.2 Å². The first-order chi connectivity index (χ1) is 13.2. The van der Waals surface area contributed by atoms with Crippen molar-refractivity contribution in [1.29, 1.82) is 0 Å². The van der Waals surface area contributed by atoms with Crippen LogP contribution in [0, 0.1) is 6.92 Å². The van der Waals surface area contributed by atoms with Gasteiger partial charge in [-0.2, -0.15) is 9.61 Å². The molecule has 0 radical (unpaired) electrons. The molecule has 136 valence electrons. The van der Waals surface area contributed by atoms with Crippen molar-refractivity contribution in [2.75, 3.05) is 0 Å². The molecule has 1 N–H and O–H groups in total. The minimum Gasteiger partial charge on any atom is -0.349 e. The first-order valence-electron chi connectivity index (χ1n) is 8.75. The standard InChI is InChI=1S/C20H19N5OS/c1-14-22-23-20-25(14)24-19(27-20)13-21-18(26)12-17(15-8-4-2-5-9-15)16-10-6-3-7-11-16/h2-11,17H,12-13H2,1H3,(H,21,26). The van der Waals surface area contributed by atoms with Crippen LogP contribution in [0.3, 0.4) is 0 Å². The Bertz CT molecular complexity index is 1000. The third-order valence-electron chi connectivity index (χ3n) is 4.42. The van der Waals surface area contributed by atoms with Crippen LogP contribution in [-0.4, -0.2) is 25.7 Å². The van der Waals surface area contributed by atoms with E-state index in [0.717, 1.165) is 26.9 Å². The minimum absolute atomic E-state index is 0.00427. The molecular formula is C20H19N5OS. The number of aromatic nitrogens is 4. The highest BCUT2D eigenvalue weighted by atomic mass is 32.1. The average molecular weight is 377 g/mol. The van der Waals surface area contributed by atoms with Crippen molar-refractivity contribution in [3.63, 3.8) is 0 Å². The number of hydrogen-bond acceptors (Lipinski definition) is 5. The highest BCUT2D eigenvalue weighted by Crippen LogP contribution is 2.27. The van der Waals surface area contributed by atoms with Gasteiger partial charge in [0.25, 0.3) is 0 Å². The van der Waals surface area contributed by atoms with E-state index in [4.69, 9.17) is 0 Å². The summed E-state index contributed by atoms with van der Waals surface area (Å²) < 4.78 is 1.70. The Balaban J connectivity index is 1.46. The predicted octanol–water partition coefficient (Wildman–Crippen LogP) is 3.33. The van der Waals surface area contributed by atoms with Crippen LogP contribution in [-0.2, 0) is 11.3 Å². The fourth-order valence-electron chi connectivity index (χ4n) is 3.06. The van der Waals surface area contributed by atoms with Gasteiger partial charge in [0.2, 0.25) is 10.9 Å². The second-order valence-electron chi connectivity index (χ2n) is 6.29. The Kier molecular flexibility index (Phi) is 4.93. The van der Waals surface area contributed by atoms with Crippen LogP contribution in [0.2, 0.25) is 0 Å². The van der Waals surface area contributed by atoms with Crippen molar-refractivity contribution in [3.05, 3.63) is 82.6 Å². The van der Waals surface area contributed by atoms with E-state index in [1.54, 1.807) is 4.52 Å². The topological polar surface area (TPSA) is 72.2 Å². The maximum Gasteiger partial charge on any atom is 0.234 e. The fourth-order valence-corrected chi connectivity index (χ4v) is 3.88. The molecule has 0 saturated carbocycles. The molecule has 1 amide bonds. The van der Waals surface area contributed by atoms with E-state index < -0.39 is 0 Å². The largest absolute Gasteiger partial charge is 0.349 e. The highest BCUT2D eigenvalue weighted by Gasteiger charge is 2.18. The van der Waals surface area contributed by atoms with E-state index in [2.05, 4.69) is 44.9 Å². The second-order valence-corrected chi connectivity index (χ2v) is 7.33. The Morgan fingerprint density at radius 3 is 2.26 bits per heavy atom. The van der Waals surface area contributed by atoms with Crippen molar-refractivity contribution in [2.45, 2.75) is 25.8 Å². The molecule has 0 saturated heterocycles. The molecule has 6 nitrogen and oxygen atoms in total. The summed E-state index contributed by atoms with van der Waals surface area (Å²) in [7, 11) is 0. The summed E-state index contributed by atoms with van der Waals surface area (Å²) >= 11 is 1.44. The normalized spacial score (nSPS) is 11.2. The van der Waals surface area contributed by atoms with E-state index in [9.17, 15) is 4.79 Å². The predicted molar refractivity (Wildman–Crippen MR) is 105 cm³/mol. The smallest absolute Gasteiger partial charge is 0.234 e. The number of carbonyl (C=O) groups is 1. The lowest BCUT2D eigenvalue weighted by Crippen LogP contribution is -2.25. The summed E-state index contributed by atoms with van der Waals surface area (Å²) in [5.41, 5.74) is 2.27. The summed E-state index contributed by atoms with van der Waals surface area (Å²) in [5, 5.41) is 16.3. The number of rotatable bonds is 6. The molecule has 0 atom stereocenters. The highest BCUT2D eigenvalue weighted by molar-refractivity contribution is 7.16. The van der Waals surface area contributed by atoms with Crippen molar-refractivity contribution < 1.29 is 4.79 Å². The Morgan fingerprint density at radius 1 is 1.04 bits per heavy atom. The van der Waals surface area contributed by atoms with Gasteiger partial charge >= 0.3 is 0 Å². The number of nitrogens with one attached hydrogen (secondary N) is 1. The molecule has 0 unspecified atom stereocenters. The third-order valence-corrected chi connectivity index (χ3v) is 5.32. The SMILES string of the molecule is Cc1nnc2sc(CNC(=O)CC(c3ccccc3)c3ccccc3)nn12. The van der Waals surface area contributed by atoms with E-state index >= 15 is 0 Å². The summed E-state index contributed by atoms with van der Waals surface area (Å²) in [6.45, 7) is 2.25. The van der Waals surface area contributed by atoms with E-state index in [-0.39, 0.29) is 11.8 Å². The number of benzene rings is 2. The van der Waals surface area contributed by atoms with Crippen molar-refractivity contribution in [3.8, 4) is 0 Å². The van der Waals surface area contributed by atoms with Crippen LogP contribution >= 0.6 is 11.3 Å². The molecule has 0 aliphatic rings. The molecule has 0 aliphatic heterocycles. The summed E-state index contributed by atoms with van der Waals surface area (Å²) in [6, 6.07) is 20.3. The number of nitrogens with zero attached hydrogens (tertiary/aromatic N) is 4. The van der Waals surface area contributed by atoms with Crippen LogP contribution in [0.4, 0.5) is 0 Å². The van der Waals surface area contributed by atoms with Gasteiger partial charge in [0.05, 0.1) is 6.54 Å². The third kappa shape index (κ3) is 3.88. The van der Waals surface area contributed by atoms with Gasteiger partial charge in [-0.3, -0.25) is 4.79 Å². The molecule has 2 aromatic carbocycles. The van der Waals surface area contributed by atoms with Crippen molar-refractivity contribution in [2.24, 2.45) is 0 Å². The number of carbonyl (C=O) groups excluding carboxylic acids is 1. The van der Waals surface area contributed by atoms with E-state index in [0.29, 0.717) is 13.0 Å². The molecule has 2 heterocycles. The van der Waals surface area contributed by atoms with Gasteiger partial charge in [0.1, 0.15) is 5.01 Å². The molecule has 4 rings (SSSR count). The second kappa shape index (κ2) is 7.67. The number of aryl methyl sites for hydroxylation is 1. The number of hydrogen-bond donors (Lipinski definition) is 1. The fraction of sp³-hybridized carbons (Fsp3) is 0.200. The lowest BCUT2D eigenvalue weighted by Gasteiger charge is -2.17. The molecular weight excluding hydrogens is 358 g/mol. The summed E-state index contributed by atoms with van der Waals surface area (Å²) in [4.78, 5) is 13.4.